The standard InChI is InChI=1S/C23H21FN2O/c24-19-11-13-20(14-12-19)26-22(10-5-15-27)21-9-4-8-18(23(21)25-26)16-17-6-2-1-3-7-17/h1-3,5-7,10-15,18H,4,8-9,16H2/b10-5+. The maximum Gasteiger partial charge on any atom is 0.142 e. The Hall–Kier alpha value is -3.01. The van der Waals surface area contributed by atoms with E-state index in [1.165, 1.54) is 29.3 Å². The number of carbonyl (C=O) groups is 1. The van der Waals surface area contributed by atoms with Crippen molar-refractivity contribution in [2.24, 2.45) is 0 Å². The zero-order chi connectivity index (χ0) is 18.6. The molecule has 4 heteroatoms. The van der Waals surface area contributed by atoms with Crippen LogP contribution in [-0.2, 0) is 17.6 Å². The highest BCUT2D eigenvalue weighted by Crippen LogP contribution is 2.36. The van der Waals surface area contributed by atoms with Gasteiger partial charge in [0.25, 0.3) is 0 Å². The SMILES string of the molecule is O=C/C=C/c1c2c(nn1-c1ccc(F)cc1)C(Cc1ccccc1)CCC2. The molecule has 2 aromatic carbocycles. The van der Waals surface area contributed by atoms with E-state index in [1.54, 1.807) is 12.1 Å². The average molecular weight is 360 g/mol. The molecule has 0 saturated carbocycles. The van der Waals surface area contributed by atoms with Gasteiger partial charge in [0, 0.05) is 11.5 Å². The van der Waals surface area contributed by atoms with E-state index in [4.69, 9.17) is 5.10 Å². The van der Waals surface area contributed by atoms with Crippen LogP contribution in [0, 0.1) is 5.82 Å². The van der Waals surface area contributed by atoms with Crippen LogP contribution in [-0.4, -0.2) is 16.1 Å². The first-order chi connectivity index (χ1) is 13.3. The zero-order valence-electron chi connectivity index (χ0n) is 15.0. The van der Waals surface area contributed by atoms with E-state index in [2.05, 4.69) is 24.3 Å². The molecule has 1 aliphatic rings. The topological polar surface area (TPSA) is 34.9 Å². The quantitative estimate of drug-likeness (QED) is 0.480. The molecule has 0 radical (unpaired) electrons. The molecule has 1 unspecified atom stereocenters. The summed E-state index contributed by atoms with van der Waals surface area (Å²) in [6.45, 7) is 0. The summed E-state index contributed by atoms with van der Waals surface area (Å²) in [6, 6.07) is 16.8. The summed E-state index contributed by atoms with van der Waals surface area (Å²) in [5, 5.41) is 4.91. The second-order valence-electron chi connectivity index (χ2n) is 6.91. The molecule has 0 spiro atoms. The summed E-state index contributed by atoms with van der Waals surface area (Å²) in [5.74, 6) is 0.0730. The molecule has 4 rings (SSSR count). The minimum atomic E-state index is -0.275. The highest BCUT2D eigenvalue weighted by molar-refractivity contribution is 5.74. The van der Waals surface area contributed by atoms with E-state index in [9.17, 15) is 9.18 Å². The third-order valence-electron chi connectivity index (χ3n) is 5.15. The summed E-state index contributed by atoms with van der Waals surface area (Å²) < 4.78 is 15.2. The predicted octanol–water partition coefficient (Wildman–Crippen LogP) is 4.89. The molecule has 1 aromatic heterocycles. The number of halogens is 1. The van der Waals surface area contributed by atoms with Gasteiger partial charge < -0.3 is 0 Å². The number of benzene rings is 2. The van der Waals surface area contributed by atoms with Gasteiger partial charge in [-0.3, -0.25) is 4.79 Å². The van der Waals surface area contributed by atoms with Gasteiger partial charge >= 0.3 is 0 Å². The number of carbonyl (C=O) groups excluding carboxylic acids is 1. The molecule has 0 bridgehead atoms. The first-order valence-electron chi connectivity index (χ1n) is 9.30. The van der Waals surface area contributed by atoms with E-state index in [0.717, 1.165) is 49.0 Å². The van der Waals surface area contributed by atoms with Crippen LogP contribution in [0.4, 0.5) is 4.39 Å². The summed E-state index contributed by atoms with van der Waals surface area (Å²) in [5.41, 5.74) is 5.32. The fraction of sp³-hybridized carbons (Fsp3) is 0.217. The summed E-state index contributed by atoms with van der Waals surface area (Å²) in [7, 11) is 0. The van der Waals surface area contributed by atoms with E-state index in [-0.39, 0.29) is 5.82 Å². The minimum absolute atomic E-state index is 0.275. The van der Waals surface area contributed by atoms with Crippen molar-refractivity contribution in [3.8, 4) is 5.69 Å². The molecular weight excluding hydrogens is 339 g/mol. The van der Waals surface area contributed by atoms with Gasteiger partial charge in [0.15, 0.2) is 0 Å². The number of fused-ring (bicyclic) bond motifs is 1. The fourth-order valence-corrected chi connectivity index (χ4v) is 3.91. The van der Waals surface area contributed by atoms with Crippen LogP contribution in [0.5, 0.6) is 0 Å². The number of nitrogens with zero attached hydrogens (tertiary/aromatic N) is 2. The van der Waals surface area contributed by atoms with Crippen molar-refractivity contribution in [3.63, 3.8) is 0 Å². The summed E-state index contributed by atoms with van der Waals surface area (Å²) in [4.78, 5) is 10.9. The molecule has 0 fully saturated rings. The van der Waals surface area contributed by atoms with Crippen LogP contribution in [0.2, 0.25) is 0 Å². The second-order valence-corrected chi connectivity index (χ2v) is 6.91. The molecule has 0 amide bonds. The molecular formula is C23H21FN2O. The first kappa shape index (κ1) is 17.4. The van der Waals surface area contributed by atoms with Gasteiger partial charge in [-0.05, 0) is 67.7 Å². The van der Waals surface area contributed by atoms with Crippen molar-refractivity contribution in [2.45, 2.75) is 31.6 Å². The number of rotatable bonds is 5. The third-order valence-corrected chi connectivity index (χ3v) is 5.15. The lowest BCUT2D eigenvalue weighted by atomic mass is 9.83. The lowest BCUT2D eigenvalue weighted by Gasteiger charge is -2.21. The Bertz CT molecular complexity index is 958. The first-order valence-corrected chi connectivity index (χ1v) is 9.30. The Morgan fingerprint density at radius 2 is 1.89 bits per heavy atom. The highest BCUT2D eigenvalue weighted by Gasteiger charge is 2.27. The van der Waals surface area contributed by atoms with Crippen LogP contribution >= 0.6 is 0 Å². The molecule has 1 aliphatic carbocycles. The molecule has 3 aromatic rings. The normalized spacial score (nSPS) is 16.4. The van der Waals surface area contributed by atoms with Crippen LogP contribution in [0.3, 0.4) is 0 Å². The van der Waals surface area contributed by atoms with Gasteiger partial charge in [-0.1, -0.05) is 30.3 Å². The number of allylic oxidation sites excluding steroid dienone is 1. The molecule has 136 valence electrons. The van der Waals surface area contributed by atoms with Crippen LogP contribution < -0.4 is 0 Å². The fourth-order valence-electron chi connectivity index (χ4n) is 3.91. The molecule has 0 saturated heterocycles. The Labute approximate surface area is 158 Å². The smallest absolute Gasteiger partial charge is 0.142 e. The van der Waals surface area contributed by atoms with Crippen LogP contribution in [0.25, 0.3) is 11.8 Å². The molecule has 27 heavy (non-hydrogen) atoms. The van der Waals surface area contributed by atoms with Gasteiger partial charge in [-0.25, -0.2) is 9.07 Å². The van der Waals surface area contributed by atoms with Crippen molar-refractivity contribution < 1.29 is 9.18 Å². The lowest BCUT2D eigenvalue weighted by Crippen LogP contribution is -2.12. The molecule has 0 N–H and O–H groups in total. The van der Waals surface area contributed by atoms with Crippen molar-refractivity contribution >= 4 is 12.4 Å². The highest BCUT2D eigenvalue weighted by atomic mass is 19.1. The van der Waals surface area contributed by atoms with Gasteiger partial charge in [0.1, 0.15) is 12.1 Å². The number of hydrogen-bond acceptors (Lipinski definition) is 2. The third kappa shape index (κ3) is 3.61. The Balaban J connectivity index is 1.78. The summed E-state index contributed by atoms with van der Waals surface area (Å²) in [6.07, 6.45) is 8.18. The second kappa shape index (κ2) is 7.70. The molecule has 1 atom stereocenters. The Morgan fingerprint density at radius 1 is 1.11 bits per heavy atom. The van der Waals surface area contributed by atoms with Gasteiger partial charge in [-0.15, -0.1) is 0 Å². The van der Waals surface area contributed by atoms with E-state index in [1.807, 2.05) is 16.8 Å². The maximum absolute atomic E-state index is 13.3. The van der Waals surface area contributed by atoms with Crippen LogP contribution in [0.1, 0.15) is 41.3 Å². The predicted molar refractivity (Wildman–Crippen MR) is 104 cm³/mol. The van der Waals surface area contributed by atoms with E-state index in [0.29, 0.717) is 5.92 Å². The lowest BCUT2D eigenvalue weighted by molar-refractivity contribution is -0.104. The summed E-state index contributed by atoms with van der Waals surface area (Å²) >= 11 is 0. The molecule has 1 heterocycles. The zero-order valence-corrected chi connectivity index (χ0v) is 15.0. The van der Waals surface area contributed by atoms with Crippen molar-refractivity contribution in [1.82, 2.24) is 9.78 Å². The van der Waals surface area contributed by atoms with E-state index >= 15 is 0 Å². The van der Waals surface area contributed by atoms with Gasteiger partial charge in [0.05, 0.1) is 17.1 Å². The molecule has 0 aliphatic heterocycles. The van der Waals surface area contributed by atoms with Gasteiger partial charge in [0.2, 0.25) is 0 Å². The number of hydrogen-bond donors (Lipinski definition) is 0. The number of aromatic nitrogens is 2. The average Bonchev–Trinajstić information content (AvgIpc) is 3.07. The largest absolute Gasteiger partial charge is 0.299 e. The molecule has 3 nitrogen and oxygen atoms in total. The monoisotopic (exact) mass is 360 g/mol. The van der Waals surface area contributed by atoms with Gasteiger partial charge in [-0.2, -0.15) is 5.10 Å². The van der Waals surface area contributed by atoms with Crippen molar-refractivity contribution in [1.29, 1.82) is 0 Å². The van der Waals surface area contributed by atoms with Crippen LogP contribution in [0.15, 0.2) is 60.7 Å². The number of aldehydes is 1. The van der Waals surface area contributed by atoms with E-state index < -0.39 is 0 Å². The van der Waals surface area contributed by atoms with Crippen molar-refractivity contribution in [3.05, 3.63) is 89.0 Å². The van der Waals surface area contributed by atoms with Crippen molar-refractivity contribution in [2.75, 3.05) is 0 Å². The maximum atomic E-state index is 13.3. The Morgan fingerprint density at radius 3 is 2.63 bits per heavy atom. The Kier molecular flexibility index (Phi) is 4.97. The minimum Gasteiger partial charge on any atom is -0.299 e.